The topological polar surface area (TPSA) is 46.6 Å². The molecule has 26 heavy (non-hydrogen) atoms. The zero-order chi connectivity index (χ0) is 18.7. The van der Waals surface area contributed by atoms with Crippen molar-refractivity contribution in [3.05, 3.63) is 68.8 Å². The van der Waals surface area contributed by atoms with Crippen LogP contribution in [0.15, 0.2) is 51.8 Å². The Hall–Kier alpha value is -2.12. The maximum absolute atomic E-state index is 13.3. The van der Waals surface area contributed by atoms with Gasteiger partial charge in [-0.05, 0) is 60.7 Å². The van der Waals surface area contributed by atoms with Crippen molar-refractivity contribution in [3.8, 4) is 5.75 Å². The number of imide groups is 1. The summed E-state index contributed by atoms with van der Waals surface area (Å²) in [4.78, 5) is 25.7. The van der Waals surface area contributed by atoms with Gasteiger partial charge >= 0.3 is 0 Å². The third-order valence-corrected chi connectivity index (χ3v) is 5.13. The number of benzene rings is 2. The SMILES string of the molecule is CCN1C(=O)S/C(=C\c2cc(Br)ccc2OCc2cccc(F)c2)C1=O. The van der Waals surface area contributed by atoms with Crippen molar-refractivity contribution in [2.45, 2.75) is 13.5 Å². The van der Waals surface area contributed by atoms with Crippen LogP contribution >= 0.6 is 27.7 Å². The molecule has 2 aromatic rings. The van der Waals surface area contributed by atoms with Gasteiger partial charge in [-0.2, -0.15) is 0 Å². The molecule has 0 bridgehead atoms. The predicted molar refractivity (Wildman–Crippen MR) is 103 cm³/mol. The Kier molecular flexibility index (Phi) is 5.78. The van der Waals surface area contributed by atoms with Gasteiger partial charge in [-0.25, -0.2) is 4.39 Å². The third kappa shape index (κ3) is 4.16. The quantitative estimate of drug-likeness (QED) is 0.603. The highest BCUT2D eigenvalue weighted by molar-refractivity contribution is 9.10. The van der Waals surface area contributed by atoms with Crippen LogP contribution in [0.3, 0.4) is 0 Å². The number of ether oxygens (including phenoxy) is 1. The highest BCUT2D eigenvalue weighted by atomic mass is 79.9. The van der Waals surface area contributed by atoms with Gasteiger partial charge in [0.25, 0.3) is 11.1 Å². The molecule has 1 saturated heterocycles. The van der Waals surface area contributed by atoms with Gasteiger partial charge in [-0.3, -0.25) is 14.5 Å². The fourth-order valence-electron chi connectivity index (χ4n) is 2.47. The first kappa shape index (κ1) is 18.7. The summed E-state index contributed by atoms with van der Waals surface area (Å²) in [6.07, 6.45) is 1.65. The standard InChI is InChI=1S/C19H15BrFNO3S/c1-2-22-18(23)17(26-19(22)24)10-13-9-14(20)6-7-16(13)25-11-12-4-3-5-15(21)8-12/h3-10H,2,11H2,1H3/b17-10-. The first-order valence-electron chi connectivity index (χ1n) is 7.90. The Morgan fingerprint density at radius 2 is 2.04 bits per heavy atom. The van der Waals surface area contributed by atoms with Crippen molar-refractivity contribution in [2.24, 2.45) is 0 Å². The predicted octanol–water partition coefficient (Wildman–Crippen LogP) is 5.22. The molecule has 0 saturated carbocycles. The zero-order valence-electron chi connectivity index (χ0n) is 13.9. The van der Waals surface area contributed by atoms with Crippen LogP contribution in [0.2, 0.25) is 0 Å². The second kappa shape index (κ2) is 8.05. The van der Waals surface area contributed by atoms with Crippen LogP contribution in [-0.4, -0.2) is 22.6 Å². The fourth-order valence-corrected chi connectivity index (χ4v) is 3.74. The van der Waals surface area contributed by atoms with Crippen LogP contribution in [0.4, 0.5) is 9.18 Å². The summed E-state index contributed by atoms with van der Waals surface area (Å²) in [7, 11) is 0. The lowest BCUT2D eigenvalue weighted by Gasteiger charge is -2.11. The normalized spacial score (nSPS) is 15.8. The molecule has 0 N–H and O–H groups in total. The number of nitrogens with zero attached hydrogens (tertiary/aromatic N) is 1. The van der Waals surface area contributed by atoms with E-state index in [9.17, 15) is 14.0 Å². The molecule has 0 aliphatic carbocycles. The minimum Gasteiger partial charge on any atom is -0.488 e. The summed E-state index contributed by atoms with van der Waals surface area (Å²) < 4.78 is 19.9. The molecule has 4 nitrogen and oxygen atoms in total. The van der Waals surface area contributed by atoms with E-state index in [-0.39, 0.29) is 23.6 Å². The van der Waals surface area contributed by atoms with E-state index in [0.29, 0.717) is 28.3 Å². The van der Waals surface area contributed by atoms with E-state index in [4.69, 9.17) is 4.74 Å². The van der Waals surface area contributed by atoms with Crippen molar-refractivity contribution in [1.29, 1.82) is 0 Å². The molecule has 134 valence electrons. The first-order chi connectivity index (χ1) is 12.5. The Bertz CT molecular complexity index is 900. The molecule has 0 aromatic heterocycles. The maximum atomic E-state index is 13.3. The molecule has 1 aliphatic rings. The second-order valence-corrected chi connectivity index (χ2v) is 7.44. The molecule has 0 radical (unpaired) electrons. The van der Waals surface area contributed by atoms with Crippen molar-refractivity contribution >= 4 is 44.9 Å². The molecule has 0 unspecified atom stereocenters. The molecule has 2 aromatic carbocycles. The molecule has 1 heterocycles. The minimum atomic E-state index is -0.324. The molecular weight excluding hydrogens is 421 g/mol. The number of likely N-dealkylation sites (N-methyl/N-ethyl adjacent to an activating group) is 1. The van der Waals surface area contributed by atoms with E-state index >= 15 is 0 Å². The Balaban J connectivity index is 1.86. The molecule has 0 spiro atoms. The van der Waals surface area contributed by atoms with Crippen LogP contribution < -0.4 is 4.74 Å². The smallest absolute Gasteiger partial charge is 0.293 e. The summed E-state index contributed by atoms with van der Waals surface area (Å²) in [5, 5.41) is -0.277. The number of hydrogen-bond acceptors (Lipinski definition) is 4. The zero-order valence-corrected chi connectivity index (χ0v) is 16.3. The average Bonchev–Trinajstić information content (AvgIpc) is 2.87. The van der Waals surface area contributed by atoms with Gasteiger partial charge in [0, 0.05) is 16.6 Å². The number of carbonyl (C=O) groups is 2. The molecule has 7 heteroatoms. The summed E-state index contributed by atoms with van der Waals surface area (Å²) in [6.45, 7) is 2.28. The van der Waals surface area contributed by atoms with Crippen molar-refractivity contribution < 1.29 is 18.7 Å². The maximum Gasteiger partial charge on any atom is 0.293 e. The van der Waals surface area contributed by atoms with Crippen molar-refractivity contribution in [3.63, 3.8) is 0 Å². The van der Waals surface area contributed by atoms with Crippen molar-refractivity contribution in [1.82, 2.24) is 4.90 Å². The van der Waals surface area contributed by atoms with E-state index in [1.54, 1.807) is 37.3 Å². The van der Waals surface area contributed by atoms with Gasteiger partial charge < -0.3 is 4.74 Å². The minimum absolute atomic E-state index is 0.191. The van der Waals surface area contributed by atoms with Crippen LogP contribution in [0.25, 0.3) is 6.08 Å². The van der Waals surface area contributed by atoms with Crippen molar-refractivity contribution in [2.75, 3.05) is 6.54 Å². The highest BCUT2D eigenvalue weighted by Gasteiger charge is 2.33. The third-order valence-electron chi connectivity index (χ3n) is 3.73. The van der Waals surface area contributed by atoms with Gasteiger partial charge in [-0.1, -0.05) is 28.1 Å². The largest absolute Gasteiger partial charge is 0.488 e. The first-order valence-corrected chi connectivity index (χ1v) is 9.51. The lowest BCUT2D eigenvalue weighted by molar-refractivity contribution is -0.122. The molecule has 1 fully saturated rings. The van der Waals surface area contributed by atoms with Crippen LogP contribution in [0, 0.1) is 5.82 Å². The summed E-state index contributed by atoms with van der Waals surface area (Å²) in [5.41, 5.74) is 1.36. The van der Waals surface area contributed by atoms with E-state index in [1.165, 1.54) is 17.0 Å². The lowest BCUT2D eigenvalue weighted by atomic mass is 10.1. The molecule has 2 amide bonds. The van der Waals surface area contributed by atoms with Gasteiger partial charge in [0.05, 0.1) is 4.91 Å². The number of thioether (sulfide) groups is 1. The lowest BCUT2D eigenvalue weighted by Crippen LogP contribution is -2.27. The van der Waals surface area contributed by atoms with Gasteiger partial charge in [0.2, 0.25) is 0 Å². The Morgan fingerprint density at radius 3 is 2.73 bits per heavy atom. The molecule has 3 rings (SSSR count). The van der Waals surface area contributed by atoms with E-state index in [2.05, 4.69) is 15.9 Å². The van der Waals surface area contributed by atoms with E-state index in [0.717, 1.165) is 16.2 Å². The molecular formula is C19H15BrFNO3S. The van der Waals surface area contributed by atoms with Crippen LogP contribution in [-0.2, 0) is 11.4 Å². The summed E-state index contributed by atoms with van der Waals surface area (Å²) >= 11 is 4.31. The van der Waals surface area contributed by atoms with Gasteiger partial charge in [-0.15, -0.1) is 0 Å². The number of rotatable bonds is 5. The number of hydrogen-bond donors (Lipinski definition) is 0. The number of halogens is 2. The summed E-state index contributed by atoms with van der Waals surface area (Å²) in [6, 6.07) is 11.6. The second-order valence-electron chi connectivity index (χ2n) is 5.53. The van der Waals surface area contributed by atoms with Gasteiger partial charge in [0.15, 0.2) is 0 Å². The average molecular weight is 436 g/mol. The van der Waals surface area contributed by atoms with Crippen LogP contribution in [0.5, 0.6) is 5.75 Å². The fraction of sp³-hybridized carbons (Fsp3) is 0.158. The summed E-state index contributed by atoms with van der Waals surface area (Å²) in [5.74, 6) is -0.0883. The molecule has 0 atom stereocenters. The van der Waals surface area contributed by atoms with E-state index in [1.807, 2.05) is 6.07 Å². The molecule has 1 aliphatic heterocycles. The van der Waals surface area contributed by atoms with Gasteiger partial charge in [0.1, 0.15) is 18.2 Å². The Labute approximate surface area is 163 Å². The van der Waals surface area contributed by atoms with Crippen LogP contribution in [0.1, 0.15) is 18.1 Å². The number of carbonyl (C=O) groups excluding carboxylic acids is 2. The van der Waals surface area contributed by atoms with E-state index < -0.39 is 0 Å². The Morgan fingerprint density at radius 1 is 1.23 bits per heavy atom. The monoisotopic (exact) mass is 435 g/mol. The highest BCUT2D eigenvalue weighted by Crippen LogP contribution is 2.34. The number of amides is 2.